The number of hydrogen-bond acceptors (Lipinski definition) is 4. The monoisotopic (exact) mass is 318 g/mol. The molecule has 1 unspecified atom stereocenters. The van der Waals surface area contributed by atoms with Crippen LogP contribution in [0.25, 0.3) is 0 Å². The first-order valence-electron chi connectivity index (χ1n) is 6.66. The van der Waals surface area contributed by atoms with Crippen molar-refractivity contribution in [2.24, 2.45) is 0 Å². The van der Waals surface area contributed by atoms with Gasteiger partial charge in [-0.15, -0.1) is 0 Å². The van der Waals surface area contributed by atoms with Crippen molar-refractivity contribution in [3.8, 4) is 0 Å². The lowest BCUT2D eigenvalue weighted by molar-refractivity contribution is -0.138. The van der Waals surface area contributed by atoms with Crippen molar-refractivity contribution in [1.29, 1.82) is 0 Å². The molecule has 0 aliphatic heterocycles. The molecule has 23 heavy (non-hydrogen) atoms. The van der Waals surface area contributed by atoms with Crippen LogP contribution in [0.1, 0.15) is 20.7 Å². The maximum Gasteiger partial charge on any atom is 0.346 e. The Labute approximate surface area is 130 Å². The number of carbonyl (C=O) groups is 3. The molecule has 1 aliphatic rings. The first kappa shape index (κ1) is 16.6. The van der Waals surface area contributed by atoms with E-state index >= 15 is 0 Å². The van der Waals surface area contributed by atoms with Gasteiger partial charge in [0.1, 0.15) is 12.4 Å². The summed E-state index contributed by atoms with van der Waals surface area (Å²) in [5, 5.41) is 0. The summed E-state index contributed by atoms with van der Waals surface area (Å²) in [4.78, 5) is 35.1. The highest BCUT2D eigenvalue weighted by Gasteiger charge is 2.20. The molecule has 1 aromatic carbocycles. The number of alkyl halides is 2. The number of ether oxygens (including phenoxy) is 1. The van der Waals surface area contributed by atoms with E-state index in [0.29, 0.717) is 6.29 Å². The maximum atomic E-state index is 12.2. The van der Waals surface area contributed by atoms with Gasteiger partial charge in [-0.05, 0) is 6.07 Å². The first-order valence-corrected chi connectivity index (χ1v) is 6.66. The second-order valence-electron chi connectivity index (χ2n) is 4.63. The lowest BCUT2D eigenvalue weighted by Crippen LogP contribution is -2.16. The highest BCUT2D eigenvalue weighted by Crippen LogP contribution is 2.14. The van der Waals surface area contributed by atoms with Crippen LogP contribution in [0.2, 0.25) is 0 Å². The summed E-state index contributed by atoms with van der Waals surface area (Å²) in [5.41, 5.74) is 0.407. The van der Waals surface area contributed by atoms with Crippen LogP contribution in [0.15, 0.2) is 60.2 Å². The topological polar surface area (TPSA) is 60.4 Å². The molecule has 6 heteroatoms. The standard InChI is InChI=1S/C17H12F2O4/c18-17(19)23-14-6-2-4-12(7-8-14)15(21)16(22)13-5-1-3-11(9-13)10-20/h1-10,14,17H. The Kier molecular flexibility index (Phi) is 5.43. The molecule has 118 valence electrons. The van der Waals surface area contributed by atoms with Gasteiger partial charge >= 0.3 is 6.61 Å². The van der Waals surface area contributed by atoms with E-state index in [1.807, 2.05) is 0 Å². The Balaban J connectivity index is 2.17. The third-order valence-corrected chi connectivity index (χ3v) is 3.06. The molecule has 0 heterocycles. The molecule has 0 aromatic heterocycles. The summed E-state index contributed by atoms with van der Waals surface area (Å²) >= 11 is 0. The summed E-state index contributed by atoms with van der Waals surface area (Å²) in [6, 6.07) is 5.74. The lowest BCUT2D eigenvalue weighted by Gasteiger charge is -2.07. The van der Waals surface area contributed by atoms with Crippen LogP contribution in [-0.4, -0.2) is 30.6 Å². The van der Waals surface area contributed by atoms with Crippen molar-refractivity contribution in [3.63, 3.8) is 0 Å². The SMILES string of the molecule is O=Cc1cccc(C(=O)C(=O)C2=CC=CC(OC(F)F)C=C2)c1. The molecule has 0 fully saturated rings. The summed E-state index contributed by atoms with van der Waals surface area (Å²) in [5.74, 6) is -1.59. The van der Waals surface area contributed by atoms with Crippen molar-refractivity contribution in [3.05, 3.63) is 71.3 Å². The minimum absolute atomic E-state index is 0.0446. The molecule has 0 saturated heterocycles. The summed E-state index contributed by atoms with van der Waals surface area (Å²) in [7, 11) is 0. The number of rotatable bonds is 6. The predicted octanol–water partition coefficient (Wildman–Crippen LogP) is 2.91. The fraction of sp³-hybridized carbons (Fsp3) is 0.118. The largest absolute Gasteiger partial charge is 0.346 e. The van der Waals surface area contributed by atoms with Crippen LogP contribution < -0.4 is 0 Å². The molecule has 0 spiro atoms. The van der Waals surface area contributed by atoms with Gasteiger partial charge in [0.05, 0.1) is 0 Å². The average Bonchev–Trinajstić information content (AvgIpc) is 2.78. The third-order valence-electron chi connectivity index (χ3n) is 3.06. The highest BCUT2D eigenvalue weighted by atomic mass is 19.3. The van der Waals surface area contributed by atoms with Gasteiger partial charge in [0, 0.05) is 16.7 Å². The van der Waals surface area contributed by atoms with Crippen molar-refractivity contribution in [2.75, 3.05) is 0 Å². The lowest BCUT2D eigenvalue weighted by atomic mass is 10.00. The maximum absolute atomic E-state index is 12.2. The molecular weight excluding hydrogens is 306 g/mol. The van der Waals surface area contributed by atoms with Gasteiger partial charge in [0.15, 0.2) is 0 Å². The van der Waals surface area contributed by atoms with Crippen molar-refractivity contribution in [2.45, 2.75) is 12.7 Å². The van der Waals surface area contributed by atoms with E-state index in [-0.39, 0.29) is 16.7 Å². The zero-order valence-electron chi connectivity index (χ0n) is 11.8. The van der Waals surface area contributed by atoms with Gasteiger partial charge in [-0.2, -0.15) is 8.78 Å². The van der Waals surface area contributed by atoms with E-state index in [1.165, 1.54) is 54.6 Å². The van der Waals surface area contributed by atoms with Crippen LogP contribution >= 0.6 is 0 Å². The predicted molar refractivity (Wildman–Crippen MR) is 78.4 cm³/mol. The molecule has 0 amide bonds. The van der Waals surface area contributed by atoms with Crippen LogP contribution in [0.5, 0.6) is 0 Å². The quantitative estimate of drug-likeness (QED) is 0.460. The van der Waals surface area contributed by atoms with E-state index in [2.05, 4.69) is 4.74 Å². The molecule has 2 rings (SSSR count). The molecule has 0 saturated carbocycles. The second kappa shape index (κ2) is 7.51. The molecule has 0 bridgehead atoms. The Bertz CT molecular complexity index is 717. The molecular formula is C17H12F2O4. The number of benzene rings is 1. The molecule has 1 aliphatic carbocycles. The average molecular weight is 318 g/mol. The summed E-state index contributed by atoms with van der Waals surface area (Å²) < 4.78 is 28.6. The molecule has 0 N–H and O–H groups in total. The Hall–Kier alpha value is -2.73. The zero-order valence-corrected chi connectivity index (χ0v) is 11.8. The van der Waals surface area contributed by atoms with E-state index in [1.54, 1.807) is 0 Å². The van der Waals surface area contributed by atoms with Crippen LogP contribution in [0, 0.1) is 0 Å². The van der Waals surface area contributed by atoms with E-state index in [4.69, 9.17) is 0 Å². The Morgan fingerprint density at radius 1 is 1.17 bits per heavy atom. The molecule has 1 aromatic rings. The zero-order chi connectivity index (χ0) is 16.8. The van der Waals surface area contributed by atoms with E-state index < -0.39 is 24.3 Å². The number of ketones is 2. The van der Waals surface area contributed by atoms with Crippen LogP contribution in [0.3, 0.4) is 0 Å². The van der Waals surface area contributed by atoms with Gasteiger partial charge in [0.2, 0.25) is 11.6 Å². The normalized spacial score (nSPS) is 16.8. The van der Waals surface area contributed by atoms with Crippen molar-refractivity contribution in [1.82, 2.24) is 0 Å². The third kappa shape index (κ3) is 4.37. The number of halogens is 2. The highest BCUT2D eigenvalue weighted by molar-refractivity contribution is 6.49. The molecule has 0 radical (unpaired) electrons. The summed E-state index contributed by atoms with van der Waals surface area (Å²) in [6.07, 6.45) is 6.15. The molecule has 1 atom stereocenters. The smallest absolute Gasteiger partial charge is 0.311 e. The Morgan fingerprint density at radius 2 is 1.96 bits per heavy atom. The number of allylic oxidation sites excluding steroid dienone is 4. The van der Waals surface area contributed by atoms with E-state index in [9.17, 15) is 23.2 Å². The Morgan fingerprint density at radius 3 is 2.65 bits per heavy atom. The first-order chi connectivity index (χ1) is 11.0. The molecule has 4 nitrogen and oxygen atoms in total. The number of Topliss-reactive ketones (excluding diaryl/α,β-unsaturated/α-hetero) is 2. The number of carbonyl (C=O) groups excluding carboxylic acids is 3. The van der Waals surface area contributed by atoms with Gasteiger partial charge in [-0.3, -0.25) is 14.4 Å². The minimum Gasteiger partial charge on any atom is -0.311 e. The van der Waals surface area contributed by atoms with E-state index in [0.717, 1.165) is 0 Å². The fourth-order valence-corrected chi connectivity index (χ4v) is 1.96. The van der Waals surface area contributed by atoms with Crippen molar-refractivity contribution >= 4 is 17.9 Å². The number of hydrogen-bond donors (Lipinski definition) is 0. The number of aldehydes is 1. The van der Waals surface area contributed by atoms with Gasteiger partial charge < -0.3 is 4.74 Å². The minimum atomic E-state index is -2.95. The van der Waals surface area contributed by atoms with Crippen molar-refractivity contribution < 1.29 is 27.9 Å². The van der Waals surface area contributed by atoms with Gasteiger partial charge in [0.25, 0.3) is 0 Å². The summed E-state index contributed by atoms with van der Waals surface area (Å²) in [6.45, 7) is -2.95. The van der Waals surface area contributed by atoms with Crippen LogP contribution in [0.4, 0.5) is 8.78 Å². The fourth-order valence-electron chi connectivity index (χ4n) is 1.96. The van der Waals surface area contributed by atoms with Gasteiger partial charge in [-0.1, -0.05) is 48.6 Å². The van der Waals surface area contributed by atoms with Crippen LogP contribution in [-0.2, 0) is 9.53 Å². The van der Waals surface area contributed by atoms with Gasteiger partial charge in [-0.25, -0.2) is 0 Å². The second-order valence-corrected chi connectivity index (χ2v) is 4.63.